The molecule has 0 saturated carbocycles. The first-order chi connectivity index (χ1) is 11.9. The van der Waals surface area contributed by atoms with Crippen molar-refractivity contribution < 1.29 is 32.5 Å². The minimum Gasteiger partial charge on any atom is -0.515 e. The minimum absolute atomic E-state index is 0.0984. The summed E-state index contributed by atoms with van der Waals surface area (Å²) in [5.41, 5.74) is -0.362. The lowest BCUT2D eigenvalue weighted by Crippen LogP contribution is -2.10. The summed E-state index contributed by atoms with van der Waals surface area (Å²) in [5.74, 6) is -0.968. The van der Waals surface area contributed by atoms with E-state index in [4.69, 9.17) is 4.74 Å². The van der Waals surface area contributed by atoms with Gasteiger partial charge in [0.25, 0.3) is 0 Å². The van der Waals surface area contributed by atoms with Crippen molar-refractivity contribution in [3.63, 3.8) is 0 Å². The Morgan fingerprint density at radius 3 is 2.56 bits per heavy atom. The van der Waals surface area contributed by atoms with E-state index in [2.05, 4.69) is 9.72 Å². The molecule has 25 heavy (non-hydrogen) atoms. The Morgan fingerprint density at radius 2 is 1.92 bits per heavy atom. The molecule has 0 atom stereocenters. The summed E-state index contributed by atoms with van der Waals surface area (Å²) in [5, 5.41) is 9.28. The molecule has 132 valence electrons. The van der Waals surface area contributed by atoms with Crippen LogP contribution in [0.5, 0.6) is 5.88 Å². The van der Waals surface area contributed by atoms with Gasteiger partial charge in [0, 0.05) is 6.07 Å². The normalized spacial score (nSPS) is 11.9. The number of hydrogen-bond donors (Lipinski definition) is 1. The Morgan fingerprint density at radius 1 is 1.20 bits per heavy atom. The van der Waals surface area contributed by atoms with Gasteiger partial charge in [0.15, 0.2) is 0 Å². The van der Waals surface area contributed by atoms with Gasteiger partial charge < -0.3 is 14.6 Å². The molecule has 0 aliphatic carbocycles. The molecule has 0 fully saturated rings. The van der Waals surface area contributed by atoms with Crippen LogP contribution in [0.4, 0.5) is 13.2 Å². The Labute approximate surface area is 141 Å². The van der Waals surface area contributed by atoms with Crippen LogP contribution in [0, 0.1) is 0 Å². The summed E-state index contributed by atoms with van der Waals surface area (Å²) in [7, 11) is 1.16. The van der Waals surface area contributed by atoms with E-state index in [1.165, 1.54) is 12.1 Å². The highest BCUT2D eigenvalue weighted by molar-refractivity contribution is 6.16. The molecular formula is C17H14F3NO4. The molecule has 1 heterocycles. The van der Waals surface area contributed by atoms with E-state index in [9.17, 15) is 23.1 Å². The minimum atomic E-state index is -4.57. The van der Waals surface area contributed by atoms with Crippen LogP contribution >= 0.6 is 0 Å². The van der Waals surface area contributed by atoms with Gasteiger partial charge in [0.05, 0.1) is 13.4 Å². The first-order valence-electron chi connectivity index (χ1n) is 7.05. The molecule has 0 unspecified atom stereocenters. The molecule has 0 aliphatic rings. The van der Waals surface area contributed by atoms with Crippen LogP contribution in [0.25, 0.3) is 5.57 Å². The van der Waals surface area contributed by atoms with E-state index < -0.39 is 17.8 Å². The molecule has 0 radical (unpaired) electrons. The molecule has 0 amide bonds. The van der Waals surface area contributed by atoms with Gasteiger partial charge in [-0.1, -0.05) is 30.3 Å². The lowest BCUT2D eigenvalue weighted by atomic mass is 10.0. The highest BCUT2D eigenvalue weighted by Crippen LogP contribution is 2.29. The molecule has 2 rings (SSSR count). The number of alkyl halides is 3. The number of benzene rings is 1. The topological polar surface area (TPSA) is 68.7 Å². The zero-order valence-electron chi connectivity index (χ0n) is 13.1. The molecule has 2 aromatic rings. The Hall–Kier alpha value is -3.03. The van der Waals surface area contributed by atoms with E-state index in [0.717, 1.165) is 13.2 Å². The van der Waals surface area contributed by atoms with Crippen molar-refractivity contribution in [2.45, 2.75) is 12.8 Å². The number of aromatic nitrogens is 1. The molecule has 1 aromatic heterocycles. The molecule has 0 bridgehead atoms. The lowest BCUT2D eigenvalue weighted by Gasteiger charge is -2.12. The van der Waals surface area contributed by atoms with Crippen LogP contribution in [0.15, 0.2) is 48.7 Å². The van der Waals surface area contributed by atoms with Crippen molar-refractivity contribution >= 4 is 11.5 Å². The standard InChI is InChI=1S/C17H14F3NO4/c1-24-16(23)13(9-22)12-6-3-2-5-11(12)10-25-15-8-4-7-14(21-15)17(18,19)20/h2-9,22H,10H2,1H3/b13-9+. The van der Waals surface area contributed by atoms with Crippen molar-refractivity contribution in [1.29, 1.82) is 0 Å². The summed E-state index contributed by atoms with van der Waals surface area (Å²) in [6, 6.07) is 9.77. The SMILES string of the molecule is COC(=O)/C(=C/O)c1ccccc1COc1cccc(C(F)(F)F)n1. The van der Waals surface area contributed by atoms with Gasteiger partial charge in [-0.2, -0.15) is 13.2 Å². The van der Waals surface area contributed by atoms with Gasteiger partial charge in [-0.25, -0.2) is 9.78 Å². The van der Waals surface area contributed by atoms with Gasteiger partial charge in [-0.05, 0) is 17.2 Å². The zero-order valence-corrected chi connectivity index (χ0v) is 13.1. The maximum atomic E-state index is 12.7. The van der Waals surface area contributed by atoms with Gasteiger partial charge in [0.2, 0.25) is 5.88 Å². The average molecular weight is 353 g/mol. The number of carbonyl (C=O) groups excluding carboxylic acids is 1. The molecule has 5 nitrogen and oxygen atoms in total. The molecule has 0 spiro atoms. The van der Waals surface area contributed by atoms with Crippen molar-refractivity contribution in [1.82, 2.24) is 4.98 Å². The summed E-state index contributed by atoms with van der Waals surface area (Å²) < 4.78 is 47.9. The first kappa shape index (κ1) is 18.3. The zero-order chi connectivity index (χ0) is 18.4. The summed E-state index contributed by atoms with van der Waals surface area (Å²) >= 11 is 0. The third-order valence-corrected chi connectivity index (χ3v) is 3.23. The maximum absolute atomic E-state index is 12.7. The highest BCUT2D eigenvalue weighted by atomic mass is 19.4. The number of esters is 1. The molecule has 8 heteroatoms. The predicted octanol–water partition coefficient (Wildman–Crippen LogP) is 3.75. The van der Waals surface area contributed by atoms with Crippen LogP contribution < -0.4 is 4.74 Å². The number of nitrogens with zero attached hydrogens (tertiary/aromatic N) is 1. The summed E-state index contributed by atoms with van der Waals surface area (Å²) in [4.78, 5) is 15.1. The fourth-order valence-corrected chi connectivity index (χ4v) is 2.06. The number of halogens is 3. The number of rotatable bonds is 5. The second-order valence-corrected chi connectivity index (χ2v) is 4.84. The molecular weight excluding hydrogens is 339 g/mol. The van der Waals surface area contributed by atoms with Crippen LogP contribution in [0.3, 0.4) is 0 Å². The predicted molar refractivity (Wildman–Crippen MR) is 82.6 cm³/mol. The first-order valence-corrected chi connectivity index (χ1v) is 7.05. The molecule has 1 aromatic carbocycles. The monoisotopic (exact) mass is 353 g/mol. The number of methoxy groups -OCH3 is 1. The lowest BCUT2D eigenvalue weighted by molar-refractivity contribution is -0.141. The van der Waals surface area contributed by atoms with Crippen molar-refractivity contribution in [2.75, 3.05) is 7.11 Å². The summed E-state index contributed by atoms with van der Waals surface area (Å²) in [6.07, 6.45) is -3.97. The number of ether oxygens (including phenoxy) is 2. The maximum Gasteiger partial charge on any atom is 0.433 e. The van der Waals surface area contributed by atoms with E-state index >= 15 is 0 Å². The number of hydrogen-bond acceptors (Lipinski definition) is 5. The van der Waals surface area contributed by atoms with Crippen LogP contribution in [0.2, 0.25) is 0 Å². The number of carbonyl (C=O) groups is 1. The fraction of sp³-hybridized carbons (Fsp3) is 0.176. The Bertz CT molecular complexity index is 787. The van der Waals surface area contributed by atoms with E-state index in [1.807, 2.05) is 0 Å². The second-order valence-electron chi connectivity index (χ2n) is 4.84. The van der Waals surface area contributed by atoms with E-state index in [-0.39, 0.29) is 18.1 Å². The van der Waals surface area contributed by atoms with Crippen molar-refractivity contribution in [3.05, 3.63) is 65.5 Å². The fourth-order valence-electron chi connectivity index (χ4n) is 2.06. The molecule has 0 saturated heterocycles. The second kappa shape index (κ2) is 7.69. The number of pyridine rings is 1. The van der Waals surface area contributed by atoms with E-state index in [0.29, 0.717) is 17.4 Å². The largest absolute Gasteiger partial charge is 0.515 e. The third-order valence-electron chi connectivity index (χ3n) is 3.23. The molecule has 1 N–H and O–H groups in total. The van der Waals surface area contributed by atoms with Crippen molar-refractivity contribution in [2.24, 2.45) is 0 Å². The van der Waals surface area contributed by atoms with Gasteiger partial charge in [-0.3, -0.25) is 0 Å². The van der Waals surface area contributed by atoms with E-state index in [1.54, 1.807) is 24.3 Å². The smallest absolute Gasteiger partial charge is 0.433 e. The van der Waals surface area contributed by atoms with Gasteiger partial charge in [-0.15, -0.1) is 0 Å². The van der Waals surface area contributed by atoms with Crippen LogP contribution in [0.1, 0.15) is 16.8 Å². The Kier molecular flexibility index (Phi) is 5.63. The average Bonchev–Trinajstić information content (AvgIpc) is 2.61. The van der Waals surface area contributed by atoms with Crippen molar-refractivity contribution in [3.8, 4) is 5.88 Å². The highest BCUT2D eigenvalue weighted by Gasteiger charge is 2.32. The molecule has 0 aliphatic heterocycles. The Balaban J connectivity index is 2.24. The quantitative estimate of drug-likeness (QED) is 0.504. The van der Waals surface area contributed by atoms with Gasteiger partial charge in [0.1, 0.15) is 17.9 Å². The van der Waals surface area contributed by atoms with Gasteiger partial charge >= 0.3 is 12.1 Å². The third kappa shape index (κ3) is 4.50. The van der Waals surface area contributed by atoms with Crippen LogP contribution in [-0.2, 0) is 22.3 Å². The number of aliphatic hydroxyl groups excluding tert-OH is 1. The number of aliphatic hydroxyl groups is 1. The van der Waals surface area contributed by atoms with Crippen LogP contribution in [-0.4, -0.2) is 23.2 Å². The summed E-state index contributed by atoms with van der Waals surface area (Å²) in [6.45, 7) is -0.154.